The van der Waals surface area contributed by atoms with Gasteiger partial charge in [-0.2, -0.15) is 0 Å². The van der Waals surface area contributed by atoms with Crippen molar-refractivity contribution in [3.05, 3.63) is 29.8 Å². The van der Waals surface area contributed by atoms with Gasteiger partial charge in [-0.1, -0.05) is 12.1 Å². The van der Waals surface area contributed by atoms with Gasteiger partial charge in [-0.05, 0) is 48.9 Å². The molecule has 0 atom stereocenters. The van der Waals surface area contributed by atoms with Crippen molar-refractivity contribution in [2.45, 2.75) is 25.7 Å². The number of piperidine rings is 1. The maximum absolute atomic E-state index is 12.4. The molecular formula is C17H24N2O2. The lowest BCUT2D eigenvalue weighted by molar-refractivity contribution is -0.132. The normalized spacial score (nSPS) is 20.7. The van der Waals surface area contributed by atoms with Gasteiger partial charge in [-0.15, -0.1) is 0 Å². The third kappa shape index (κ3) is 3.21. The molecule has 4 heteroatoms. The van der Waals surface area contributed by atoms with Crippen molar-refractivity contribution in [2.24, 2.45) is 5.41 Å². The summed E-state index contributed by atoms with van der Waals surface area (Å²) in [6.45, 7) is 4.08. The molecule has 0 bridgehead atoms. The van der Waals surface area contributed by atoms with Crippen LogP contribution in [0.2, 0.25) is 0 Å². The molecule has 1 spiro atoms. The summed E-state index contributed by atoms with van der Waals surface area (Å²) < 4.78 is 5.21. The first-order valence-electron chi connectivity index (χ1n) is 7.82. The van der Waals surface area contributed by atoms with Crippen LogP contribution in [0.3, 0.4) is 0 Å². The Morgan fingerprint density at radius 3 is 2.81 bits per heavy atom. The van der Waals surface area contributed by atoms with E-state index < -0.39 is 0 Å². The lowest BCUT2D eigenvalue weighted by Gasteiger charge is -2.39. The van der Waals surface area contributed by atoms with Gasteiger partial charge in [-0.3, -0.25) is 4.79 Å². The smallest absolute Gasteiger partial charge is 0.226 e. The molecular weight excluding hydrogens is 264 g/mol. The summed E-state index contributed by atoms with van der Waals surface area (Å²) in [5.74, 6) is 1.05. The first kappa shape index (κ1) is 14.4. The van der Waals surface area contributed by atoms with E-state index in [1.165, 1.54) is 6.42 Å². The second kappa shape index (κ2) is 6.06. The molecule has 0 saturated carbocycles. The van der Waals surface area contributed by atoms with E-state index in [1.54, 1.807) is 7.11 Å². The zero-order chi connectivity index (χ0) is 14.7. The number of methoxy groups -OCH3 is 1. The molecule has 2 saturated heterocycles. The van der Waals surface area contributed by atoms with Crippen molar-refractivity contribution < 1.29 is 9.53 Å². The van der Waals surface area contributed by atoms with Crippen LogP contribution in [0.25, 0.3) is 0 Å². The molecule has 0 aliphatic carbocycles. The van der Waals surface area contributed by atoms with E-state index in [1.807, 2.05) is 29.2 Å². The SMILES string of the molecule is COc1cccc(CC(=O)N2CCC3(CCNC3)CC2)c1. The van der Waals surface area contributed by atoms with E-state index in [-0.39, 0.29) is 5.91 Å². The minimum atomic E-state index is 0.240. The number of carbonyl (C=O) groups excluding carboxylic acids is 1. The summed E-state index contributed by atoms with van der Waals surface area (Å²) in [5, 5.41) is 3.46. The molecule has 1 amide bonds. The molecule has 114 valence electrons. The fraction of sp³-hybridized carbons (Fsp3) is 0.588. The first-order valence-corrected chi connectivity index (χ1v) is 7.82. The first-order chi connectivity index (χ1) is 10.2. The Balaban J connectivity index is 1.56. The Labute approximate surface area is 126 Å². The lowest BCUT2D eigenvalue weighted by Crippen LogP contribution is -2.44. The van der Waals surface area contributed by atoms with Crippen molar-refractivity contribution in [2.75, 3.05) is 33.3 Å². The zero-order valence-electron chi connectivity index (χ0n) is 12.7. The summed E-state index contributed by atoms with van der Waals surface area (Å²) in [4.78, 5) is 14.5. The second-order valence-corrected chi connectivity index (χ2v) is 6.34. The Bertz CT molecular complexity index is 499. The molecule has 2 aliphatic rings. The monoisotopic (exact) mass is 288 g/mol. The minimum Gasteiger partial charge on any atom is -0.497 e. The summed E-state index contributed by atoms with van der Waals surface area (Å²) in [5.41, 5.74) is 1.49. The van der Waals surface area contributed by atoms with E-state index in [2.05, 4.69) is 5.32 Å². The van der Waals surface area contributed by atoms with Crippen LogP contribution in [0.1, 0.15) is 24.8 Å². The molecule has 2 fully saturated rings. The third-order valence-electron chi connectivity index (χ3n) is 5.00. The quantitative estimate of drug-likeness (QED) is 0.923. The van der Waals surface area contributed by atoms with Gasteiger partial charge in [0, 0.05) is 19.6 Å². The topological polar surface area (TPSA) is 41.6 Å². The van der Waals surface area contributed by atoms with Crippen LogP contribution in [0, 0.1) is 5.41 Å². The third-order valence-corrected chi connectivity index (χ3v) is 5.00. The molecule has 0 unspecified atom stereocenters. The number of hydrogen-bond donors (Lipinski definition) is 1. The van der Waals surface area contributed by atoms with Gasteiger partial charge in [-0.25, -0.2) is 0 Å². The van der Waals surface area contributed by atoms with Crippen LogP contribution in [0.4, 0.5) is 0 Å². The minimum absolute atomic E-state index is 0.240. The number of benzene rings is 1. The Morgan fingerprint density at radius 2 is 2.14 bits per heavy atom. The predicted molar refractivity (Wildman–Crippen MR) is 82.4 cm³/mol. The van der Waals surface area contributed by atoms with Crippen molar-refractivity contribution in [3.8, 4) is 5.75 Å². The van der Waals surface area contributed by atoms with E-state index in [0.717, 1.165) is 50.3 Å². The van der Waals surface area contributed by atoms with Crippen LogP contribution in [-0.2, 0) is 11.2 Å². The predicted octanol–water partition coefficient (Wildman–Crippen LogP) is 1.84. The van der Waals surface area contributed by atoms with Gasteiger partial charge in [0.05, 0.1) is 13.5 Å². The molecule has 0 radical (unpaired) electrons. The standard InChI is InChI=1S/C17H24N2O2/c1-21-15-4-2-3-14(11-15)12-16(20)19-9-6-17(7-10-19)5-8-18-13-17/h2-4,11,18H,5-10,12-13H2,1H3. The Morgan fingerprint density at radius 1 is 1.33 bits per heavy atom. The number of nitrogens with one attached hydrogen (secondary N) is 1. The van der Waals surface area contributed by atoms with Crippen molar-refractivity contribution in [1.82, 2.24) is 10.2 Å². The van der Waals surface area contributed by atoms with Crippen LogP contribution in [-0.4, -0.2) is 44.1 Å². The average Bonchev–Trinajstić information content (AvgIpc) is 2.96. The fourth-order valence-corrected chi connectivity index (χ4v) is 3.52. The summed E-state index contributed by atoms with van der Waals surface area (Å²) in [6, 6.07) is 7.79. The highest BCUT2D eigenvalue weighted by Gasteiger charge is 2.37. The lowest BCUT2D eigenvalue weighted by atomic mass is 9.78. The number of hydrogen-bond acceptors (Lipinski definition) is 3. The highest BCUT2D eigenvalue weighted by molar-refractivity contribution is 5.79. The molecule has 2 aliphatic heterocycles. The maximum Gasteiger partial charge on any atom is 0.226 e. The van der Waals surface area contributed by atoms with Crippen molar-refractivity contribution in [3.63, 3.8) is 0 Å². The van der Waals surface area contributed by atoms with E-state index in [9.17, 15) is 4.79 Å². The van der Waals surface area contributed by atoms with E-state index in [0.29, 0.717) is 11.8 Å². The highest BCUT2D eigenvalue weighted by atomic mass is 16.5. The van der Waals surface area contributed by atoms with Crippen molar-refractivity contribution in [1.29, 1.82) is 0 Å². The average molecular weight is 288 g/mol. The highest BCUT2D eigenvalue weighted by Crippen LogP contribution is 2.37. The Kier molecular flexibility index (Phi) is 4.15. The van der Waals surface area contributed by atoms with Gasteiger partial charge < -0.3 is 15.0 Å². The number of rotatable bonds is 3. The van der Waals surface area contributed by atoms with Gasteiger partial charge in [0.15, 0.2) is 0 Å². The largest absolute Gasteiger partial charge is 0.497 e. The zero-order valence-corrected chi connectivity index (χ0v) is 12.7. The van der Waals surface area contributed by atoms with Gasteiger partial charge in [0.2, 0.25) is 5.91 Å². The van der Waals surface area contributed by atoms with Gasteiger partial charge in [0.25, 0.3) is 0 Å². The number of ether oxygens (including phenoxy) is 1. The molecule has 21 heavy (non-hydrogen) atoms. The maximum atomic E-state index is 12.4. The van der Waals surface area contributed by atoms with Crippen LogP contribution in [0.15, 0.2) is 24.3 Å². The molecule has 2 heterocycles. The van der Waals surface area contributed by atoms with Crippen LogP contribution < -0.4 is 10.1 Å². The molecule has 1 N–H and O–H groups in total. The van der Waals surface area contributed by atoms with Crippen LogP contribution >= 0.6 is 0 Å². The molecule has 1 aromatic rings. The second-order valence-electron chi connectivity index (χ2n) is 6.34. The van der Waals surface area contributed by atoms with Crippen LogP contribution in [0.5, 0.6) is 5.75 Å². The fourth-order valence-electron chi connectivity index (χ4n) is 3.52. The molecule has 3 rings (SSSR count). The molecule has 4 nitrogen and oxygen atoms in total. The summed E-state index contributed by atoms with van der Waals surface area (Å²) in [6.07, 6.45) is 4.03. The van der Waals surface area contributed by atoms with Gasteiger partial charge >= 0.3 is 0 Å². The van der Waals surface area contributed by atoms with E-state index >= 15 is 0 Å². The molecule has 0 aromatic heterocycles. The molecule has 1 aromatic carbocycles. The number of amides is 1. The number of carbonyl (C=O) groups is 1. The Hall–Kier alpha value is -1.55. The number of nitrogens with zero attached hydrogens (tertiary/aromatic N) is 1. The van der Waals surface area contributed by atoms with E-state index in [4.69, 9.17) is 4.74 Å². The summed E-state index contributed by atoms with van der Waals surface area (Å²) in [7, 11) is 1.65. The van der Waals surface area contributed by atoms with Crippen molar-refractivity contribution >= 4 is 5.91 Å². The number of likely N-dealkylation sites (tertiary alicyclic amines) is 1. The summed E-state index contributed by atoms with van der Waals surface area (Å²) >= 11 is 0. The van der Waals surface area contributed by atoms with Gasteiger partial charge in [0.1, 0.15) is 5.75 Å².